The molecule has 0 saturated carbocycles. The first-order valence-corrected chi connectivity index (χ1v) is 15.9. The van der Waals surface area contributed by atoms with E-state index in [1.165, 1.54) is 40.3 Å². The number of fused-ring (bicyclic) bond motifs is 2. The Morgan fingerprint density at radius 2 is 1.65 bits per heavy atom. The average molecular weight is 805 g/mol. The Balaban J connectivity index is 0.000000233. The van der Waals surface area contributed by atoms with E-state index in [1.807, 2.05) is 36.4 Å². The molecular weight excluding hydrogens is 766 g/mol. The van der Waals surface area contributed by atoms with Crippen LogP contribution in [0.5, 0.6) is 0 Å². The fourth-order valence-electron chi connectivity index (χ4n) is 5.69. The van der Waals surface area contributed by atoms with Gasteiger partial charge < -0.3 is 9.55 Å². The Hall–Kier alpha value is -3.96. The predicted octanol–water partition coefficient (Wildman–Crippen LogP) is 11.0. The molecule has 3 heterocycles. The number of hydrogen-bond donors (Lipinski definition) is 0. The number of nitrogens with zero attached hydrogens (tertiary/aromatic N) is 3. The molecule has 0 amide bonds. The second-order valence-corrected chi connectivity index (χ2v) is 12.5. The number of hydrogen-bond acceptors (Lipinski definition) is 3. The van der Waals surface area contributed by atoms with Crippen LogP contribution >= 0.6 is 11.3 Å². The Morgan fingerprint density at radius 3 is 2.33 bits per heavy atom. The first-order valence-electron chi connectivity index (χ1n) is 16.6. The molecule has 1 radical (unpaired) electrons. The Labute approximate surface area is 292 Å². The van der Waals surface area contributed by atoms with Crippen molar-refractivity contribution in [2.45, 2.75) is 52.9 Å². The molecule has 0 saturated heterocycles. The van der Waals surface area contributed by atoms with E-state index < -0.39 is 6.85 Å². The standard InChI is InChI=1S/C28H26FN2S.C12H10N.Ir/c1-17(2)20-8-7-9-21(18(3)4)23(20)15-31-26-11-6-5-10-25(26)30-28(31)24-16-32-27-13-12-19(29)14-22(24)27;1-10-7-8-12(13-9-10)11-5-3-2-4-6-11;/h5-14,17-18H,15H2,1-4H3;2-5,7-9H,1H3;/q2*-1;/i;1D3;. The van der Waals surface area contributed by atoms with E-state index in [4.69, 9.17) is 9.10 Å². The number of halogens is 1. The molecule has 0 bridgehead atoms. The fourth-order valence-corrected chi connectivity index (χ4v) is 6.51. The molecule has 0 fully saturated rings. The number of imidazole rings is 1. The third-order valence-corrected chi connectivity index (χ3v) is 8.79. The normalized spacial score (nSPS) is 12.4. The van der Waals surface area contributed by atoms with Crippen molar-refractivity contribution in [1.82, 2.24) is 14.5 Å². The summed E-state index contributed by atoms with van der Waals surface area (Å²) in [7, 11) is 0. The number of aromatic nitrogens is 3. The maximum absolute atomic E-state index is 14.1. The Morgan fingerprint density at radius 1 is 0.891 bits per heavy atom. The summed E-state index contributed by atoms with van der Waals surface area (Å²) in [5.74, 6) is 1.45. The van der Waals surface area contributed by atoms with Gasteiger partial charge in [0.05, 0.1) is 16.9 Å². The minimum Gasteiger partial charge on any atom is -0.360 e. The van der Waals surface area contributed by atoms with Crippen LogP contribution in [0.2, 0.25) is 0 Å². The molecule has 0 N–H and O–H groups in total. The van der Waals surface area contributed by atoms with Gasteiger partial charge in [-0.15, -0.1) is 41.3 Å². The van der Waals surface area contributed by atoms with Gasteiger partial charge in [0.15, 0.2) is 0 Å². The third kappa shape index (κ3) is 7.05. The van der Waals surface area contributed by atoms with E-state index in [9.17, 15) is 4.39 Å². The van der Waals surface area contributed by atoms with Crippen LogP contribution in [-0.2, 0) is 26.7 Å². The molecule has 3 aromatic heterocycles. The topological polar surface area (TPSA) is 30.7 Å². The molecule has 0 aliphatic carbocycles. The molecule has 46 heavy (non-hydrogen) atoms. The number of pyridine rings is 1. The van der Waals surface area contributed by atoms with Crippen LogP contribution in [-0.4, -0.2) is 14.5 Å². The van der Waals surface area contributed by atoms with Gasteiger partial charge in [-0.25, -0.2) is 4.39 Å². The van der Waals surface area contributed by atoms with Gasteiger partial charge in [0.25, 0.3) is 0 Å². The Bertz CT molecular complexity index is 2150. The van der Waals surface area contributed by atoms with Crippen molar-refractivity contribution >= 4 is 32.5 Å². The van der Waals surface area contributed by atoms with Crippen molar-refractivity contribution in [3.8, 4) is 22.6 Å². The summed E-state index contributed by atoms with van der Waals surface area (Å²) in [5, 5.41) is 4.28. The summed E-state index contributed by atoms with van der Waals surface area (Å²) < 4.78 is 39.1. The molecule has 0 unspecified atom stereocenters. The first-order chi connectivity index (χ1) is 23.0. The molecule has 7 rings (SSSR count). The van der Waals surface area contributed by atoms with Gasteiger partial charge >= 0.3 is 0 Å². The van der Waals surface area contributed by atoms with Crippen LogP contribution in [0.4, 0.5) is 4.39 Å². The van der Waals surface area contributed by atoms with E-state index >= 15 is 0 Å². The zero-order valence-electron chi connectivity index (χ0n) is 29.1. The summed E-state index contributed by atoms with van der Waals surface area (Å²) in [4.78, 5) is 9.12. The van der Waals surface area contributed by atoms with Gasteiger partial charge in [-0.2, -0.15) is 0 Å². The van der Waals surface area contributed by atoms with Gasteiger partial charge in [-0.05, 0) is 64.8 Å². The molecule has 6 heteroatoms. The van der Waals surface area contributed by atoms with Gasteiger partial charge in [-0.1, -0.05) is 97.9 Å². The molecule has 7 aromatic rings. The van der Waals surface area contributed by atoms with E-state index in [2.05, 4.69) is 79.0 Å². The van der Waals surface area contributed by atoms with E-state index in [-0.39, 0.29) is 31.5 Å². The quantitative estimate of drug-likeness (QED) is 0.157. The van der Waals surface area contributed by atoms with Gasteiger partial charge in [0, 0.05) is 37.0 Å². The second-order valence-electron chi connectivity index (χ2n) is 11.7. The summed E-state index contributed by atoms with van der Waals surface area (Å²) >= 11 is 1.51. The molecule has 0 aliphatic rings. The summed E-state index contributed by atoms with van der Waals surface area (Å²) in [6.45, 7) is 7.62. The summed E-state index contributed by atoms with van der Waals surface area (Å²) in [6.07, 6.45) is 1.39. The largest absolute Gasteiger partial charge is 0.360 e. The van der Waals surface area contributed by atoms with E-state index in [0.717, 1.165) is 50.3 Å². The van der Waals surface area contributed by atoms with Crippen LogP contribution in [0.1, 0.15) is 65.9 Å². The zero-order chi connectivity index (χ0) is 34.0. The number of thiophene rings is 1. The van der Waals surface area contributed by atoms with Crippen molar-refractivity contribution in [2.24, 2.45) is 0 Å². The van der Waals surface area contributed by atoms with Gasteiger partial charge in [0.2, 0.25) is 0 Å². The van der Waals surface area contributed by atoms with Crippen molar-refractivity contribution in [2.75, 3.05) is 0 Å². The van der Waals surface area contributed by atoms with Crippen molar-refractivity contribution < 1.29 is 28.6 Å². The molecular formula is C40H36FIrN3S-2. The number of rotatable bonds is 6. The Kier molecular flexibility index (Phi) is 9.37. The predicted molar refractivity (Wildman–Crippen MR) is 186 cm³/mol. The zero-order valence-corrected chi connectivity index (χ0v) is 29.3. The third-order valence-electron chi connectivity index (χ3n) is 7.91. The molecule has 0 aliphatic heterocycles. The fraction of sp³-hybridized carbons (Fsp3) is 0.200. The van der Waals surface area contributed by atoms with Gasteiger partial charge in [-0.3, -0.25) is 16.3 Å². The monoisotopic (exact) mass is 805 g/mol. The van der Waals surface area contributed by atoms with Gasteiger partial charge in [0.1, 0.15) is 5.82 Å². The van der Waals surface area contributed by atoms with Crippen molar-refractivity contribution in [3.05, 3.63) is 143 Å². The number of benzene rings is 4. The van der Waals surface area contributed by atoms with E-state index in [1.54, 1.807) is 24.3 Å². The second kappa shape index (κ2) is 14.6. The number of para-hydroxylation sites is 2. The SMILES string of the molecule is CC(C)c1cccc(C(C)C)c1Cn1c(-c2[c-]sc3ccc(F)cc23)nc2ccccc21.[2H]C([2H])([2H])c1ccc(-c2[c-]cccc2)nc1.[Ir]. The minimum absolute atomic E-state index is 0. The maximum atomic E-state index is 14.1. The molecule has 3 nitrogen and oxygen atoms in total. The minimum atomic E-state index is -2.09. The van der Waals surface area contributed by atoms with Crippen LogP contribution in [0, 0.1) is 24.1 Å². The molecule has 0 spiro atoms. The average Bonchev–Trinajstić information content (AvgIpc) is 3.65. The summed E-state index contributed by atoms with van der Waals surface area (Å²) in [6, 6.07) is 33.6. The van der Waals surface area contributed by atoms with Crippen LogP contribution in [0.25, 0.3) is 43.8 Å². The molecule has 235 valence electrons. The number of aryl methyl sites for hydroxylation is 1. The molecule has 0 atom stereocenters. The van der Waals surface area contributed by atoms with Crippen molar-refractivity contribution in [3.63, 3.8) is 0 Å². The smallest absolute Gasteiger partial charge is 0.113 e. The van der Waals surface area contributed by atoms with Crippen molar-refractivity contribution in [1.29, 1.82) is 0 Å². The summed E-state index contributed by atoms with van der Waals surface area (Å²) in [5.41, 5.74) is 8.83. The van der Waals surface area contributed by atoms with Crippen LogP contribution in [0.3, 0.4) is 0 Å². The maximum Gasteiger partial charge on any atom is 0.113 e. The molecule has 4 aromatic carbocycles. The van der Waals surface area contributed by atoms with Crippen LogP contribution in [0.15, 0.2) is 103 Å². The van der Waals surface area contributed by atoms with E-state index in [0.29, 0.717) is 11.8 Å². The first kappa shape index (κ1) is 29.4. The van der Waals surface area contributed by atoms with Crippen LogP contribution < -0.4 is 0 Å².